The van der Waals surface area contributed by atoms with Gasteiger partial charge in [0.05, 0.1) is 5.56 Å². The molecule has 2 heterocycles. The second kappa shape index (κ2) is 4.62. The zero-order valence-electron chi connectivity index (χ0n) is 10.9. The van der Waals surface area contributed by atoms with E-state index in [4.69, 9.17) is 15.2 Å². The second-order valence-electron chi connectivity index (χ2n) is 4.89. The van der Waals surface area contributed by atoms with Gasteiger partial charge in [0.15, 0.2) is 11.5 Å². The molecule has 0 saturated carbocycles. The van der Waals surface area contributed by atoms with E-state index in [-0.39, 0.29) is 12.7 Å². The Hall–Kier alpha value is -1.95. The number of hydrogen-bond acceptors (Lipinski definition) is 5. The van der Waals surface area contributed by atoms with Crippen molar-refractivity contribution in [3.05, 3.63) is 17.7 Å². The zero-order valence-corrected chi connectivity index (χ0v) is 10.9. The van der Waals surface area contributed by atoms with Crippen LogP contribution in [0.3, 0.4) is 0 Å². The summed E-state index contributed by atoms with van der Waals surface area (Å²) >= 11 is 0. The van der Waals surface area contributed by atoms with E-state index in [0.717, 1.165) is 26.2 Å². The Morgan fingerprint density at radius 2 is 1.79 bits per heavy atom. The summed E-state index contributed by atoms with van der Waals surface area (Å²) in [5.41, 5.74) is 6.87. The molecule has 2 aliphatic heterocycles. The summed E-state index contributed by atoms with van der Waals surface area (Å²) in [5, 5.41) is 0. The third kappa shape index (κ3) is 2.19. The van der Waals surface area contributed by atoms with Crippen molar-refractivity contribution in [1.82, 2.24) is 9.80 Å². The fourth-order valence-electron chi connectivity index (χ4n) is 2.32. The number of ether oxygens (including phenoxy) is 2. The molecular formula is C13H17N3O3. The topological polar surface area (TPSA) is 68.0 Å². The van der Waals surface area contributed by atoms with Crippen molar-refractivity contribution in [2.45, 2.75) is 0 Å². The summed E-state index contributed by atoms with van der Waals surface area (Å²) in [6, 6.07) is 3.34. The van der Waals surface area contributed by atoms with E-state index in [2.05, 4.69) is 11.9 Å². The van der Waals surface area contributed by atoms with Crippen molar-refractivity contribution in [2.24, 2.45) is 0 Å². The van der Waals surface area contributed by atoms with E-state index < -0.39 is 0 Å². The standard InChI is InChI=1S/C13H17N3O3/c1-15-2-4-16(5-3-15)13(17)9-6-11-12(7-10(9)14)19-8-18-11/h6-7H,2-5,8,14H2,1H3. The van der Waals surface area contributed by atoms with E-state index in [1.807, 2.05) is 4.90 Å². The number of carbonyl (C=O) groups excluding carboxylic acids is 1. The van der Waals surface area contributed by atoms with Crippen LogP contribution in [0.25, 0.3) is 0 Å². The van der Waals surface area contributed by atoms with Crippen LogP contribution in [-0.4, -0.2) is 55.7 Å². The van der Waals surface area contributed by atoms with Gasteiger partial charge < -0.3 is 25.0 Å². The number of nitrogens with zero attached hydrogens (tertiary/aromatic N) is 2. The monoisotopic (exact) mass is 263 g/mol. The minimum Gasteiger partial charge on any atom is -0.454 e. The van der Waals surface area contributed by atoms with Crippen LogP contribution in [0.2, 0.25) is 0 Å². The molecule has 1 aromatic rings. The van der Waals surface area contributed by atoms with Crippen molar-refractivity contribution >= 4 is 11.6 Å². The highest BCUT2D eigenvalue weighted by Crippen LogP contribution is 2.36. The van der Waals surface area contributed by atoms with Gasteiger partial charge in [-0.3, -0.25) is 4.79 Å². The predicted molar refractivity (Wildman–Crippen MR) is 70.4 cm³/mol. The van der Waals surface area contributed by atoms with Crippen LogP contribution < -0.4 is 15.2 Å². The van der Waals surface area contributed by atoms with Crippen LogP contribution in [0.15, 0.2) is 12.1 Å². The Morgan fingerprint density at radius 1 is 1.16 bits per heavy atom. The first-order chi connectivity index (χ1) is 9.15. The molecule has 0 unspecified atom stereocenters. The maximum Gasteiger partial charge on any atom is 0.256 e. The minimum atomic E-state index is -0.0381. The van der Waals surface area contributed by atoms with Crippen LogP contribution in [0.4, 0.5) is 5.69 Å². The van der Waals surface area contributed by atoms with Gasteiger partial charge in [0, 0.05) is 37.9 Å². The number of carbonyl (C=O) groups is 1. The molecule has 1 amide bonds. The highest BCUT2D eigenvalue weighted by atomic mass is 16.7. The maximum absolute atomic E-state index is 12.5. The summed E-state index contributed by atoms with van der Waals surface area (Å²) in [6.07, 6.45) is 0. The Kier molecular flexibility index (Phi) is 2.94. The third-order valence-electron chi connectivity index (χ3n) is 3.57. The molecule has 2 N–H and O–H groups in total. The molecule has 102 valence electrons. The van der Waals surface area contributed by atoms with Gasteiger partial charge in [0.2, 0.25) is 6.79 Å². The van der Waals surface area contributed by atoms with Crippen molar-refractivity contribution < 1.29 is 14.3 Å². The number of piperazine rings is 1. The molecule has 0 atom stereocenters. The molecule has 2 aliphatic rings. The number of nitrogens with two attached hydrogens (primary N) is 1. The molecule has 1 saturated heterocycles. The molecule has 0 bridgehead atoms. The van der Waals surface area contributed by atoms with Gasteiger partial charge in [0.1, 0.15) is 0 Å². The normalized spacial score (nSPS) is 18.7. The zero-order chi connectivity index (χ0) is 13.4. The molecule has 0 spiro atoms. The first-order valence-corrected chi connectivity index (χ1v) is 6.32. The van der Waals surface area contributed by atoms with Crippen molar-refractivity contribution in [2.75, 3.05) is 45.8 Å². The van der Waals surface area contributed by atoms with E-state index >= 15 is 0 Å². The van der Waals surface area contributed by atoms with Gasteiger partial charge in [-0.05, 0) is 13.1 Å². The lowest BCUT2D eigenvalue weighted by molar-refractivity contribution is 0.0665. The molecule has 1 fully saturated rings. The highest BCUT2D eigenvalue weighted by Gasteiger charge is 2.25. The Bertz CT molecular complexity index is 510. The van der Waals surface area contributed by atoms with E-state index in [1.54, 1.807) is 12.1 Å². The number of likely N-dealkylation sites (N-methyl/N-ethyl adjacent to an activating group) is 1. The molecule has 0 aliphatic carbocycles. The van der Waals surface area contributed by atoms with Gasteiger partial charge in [0.25, 0.3) is 5.91 Å². The molecule has 0 radical (unpaired) electrons. The number of amides is 1. The molecule has 19 heavy (non-hydrogen) atoms. The van der Waals surface area contributed by atoms with E-state index in [9.17, 15) is 4.79 Å². The fraction of sp³-hybridized carbons (Fsp3) is 0.462. The van der Waals surface area contributed by atoms with Crippen LogP contribution in [0.1, 0.15) is 10.4 Å². The number of hydrogen-bond donors (Lipinski definition) is 1. The Morgan fingerprint density at radius 3 is 2.47 bits per heavy atom. The van der Waals surface area contributed by atoms with Crippen LogP contribution in [0.5, 0.6) is 11.5 Å². The fourth-order valence-corrected chi connectivity index (χ4v) is 2.32. The molecular weight excluding hydrogens is 246 g/mol. The molecule has 3 rings (SSSR count). The first-order valence-electron chi connectivity index (χ1n) is 6.32. The number of rotatable bonds is 1. The van der Waals surface area contributed by atoms with Gasteiger partial charge in [-0.2, -0.15) is 0 Å². The first kappa shape index (κ1) is 12.1. The SMILES string of the molecule is CN1CCN(C(=O)c2cc3c(cc2N)OCO3)CC1. The number of fused-ring (bicyclic) bond motifs is 1. The number of anilines is 1. The van der Waals surface area contributed by atoms with Gasteiger partial charge in [-0.25, -0.2) is 0 Å². The highest BCUT2D eigenvalue weighted by molar-refractivity contribution is 6.00. The van der Waals surface area contributed by atoms with Gasteiger partial charge in [-0.1, -0.05) is 0 Å². The van der Waals surface area contributed by atoms with Crippen LogP contribution in [-0.2, 0) is 0 Å². The van der Waals surface area contributed by atoms with Crippen molar-refractivity contribution in [1.29, 1.82) is 0 Å². The van der Waals surface area contributed by atoms with Crippen molar-refractivity contribution in [3.63, 3.8) is 0 Å². The second-order valence-corrected chi connectivity index (χ2v) is 4.89. The Balaban J connectivity index is 1.84. The summed E-state index contributed by atoms with van der Waals surface area (Å²) in [6.45, 7) is 3.40. The molecule has 6 heteroatoms. The lowest BCUT2D eigenvalue weighted by atomic mass is 10.1. The quantitative estimate of drug-likeness (QED) is 0.742. The summed E-state index contributed by atoms with van der Waals surface area (Å²) < 4.78 is 10.5. The van der Waals surface area contributed by atoms with Gasteiger partial charge >= 0.3 is 0 Å². The summed E-state index contributed by atoms with van der Waals surface area (Å²) in [5.74, 6) is 1.16. The molecule has 6 nitrogen and oxygen atoms in total. The molecule has 1 aromatic carbocycles. The van der Waals surface area contributed by atoms with E-state index in [0.29, 0.717) is 22.7 Å². The number of benzene rings is 1. The lowest BCUT2D eigenvalue weighted by Gasteiger charge is -2.32. The minimum absolute atomic E-state index is 0.0381. The van der Waals surface area contributed by atoms with E-state index in [1.165, 1.54) is 0 Å². The van der Waals surface area contributed by atoms with Gasteiger partial charge in [-0.15, -0.1) is 0 Å². The predicted octanol–water partition coefficient (Wildman–Crippen LogP) is 0.385. The number of nitrogen functional groups attached to an aromatic ring is 1. The average Bonchev–Trinajstić information content (AvgIpc) is 2.85. The maximum atomic E-state index is 12.5. The largest absolute Gasteiger partial charge is 0.454 e. The van der Waals surface area contributed by atoms with Crippen molar-refractivity contribution in [3.8, 4) is 11.5 Å². The summed E-state index contributed by atoms with van der Waals surface area (Å²) in [4.78, 5) is 16.5. The Labute approximate surface area is 111 Å². The van der Waals surface area contributed by atoms with Crippen LogP contribution >= 0.6 is 0 Å². The van der Waals surface area contributed by atoms with Crippen LogP contribution in [0, 0.1) is 0 Å². The summed E-state index contributed by atoms with van der Waals surface area (Å²) in [7, 11) is 2.05. The average molecular weight is 263 g/mol. The lowest BCUT2D eigenvalue weighted by Crippen LogP contribution is -2.47. The molecule has 0 aromatic heterocycles. The smallest absolute Gasteiger partial charge is 0.256 e. The third-order valence-corrected chi connectivity index (χ3v) is 3.57.